The topological polar surface area (TPSA) is 86.9 Å². The fourth-order valence-electron chi connectivity index (χ4n) is 1.80. The summed E-state index contributed by atoms with van der Waals surface area (Å²) in [4.78, 5) is 10.9. The quantitative estimate of drug-likeness (QED) is 0.678. The molecule has 1 aromatic heterocycles. The van der Waals surface area contributed by atoms with Crippen LogP contribution < -0.4 is 11.5 Å². The van der Waals surface area contributed by atoms with Gasteiger partial charge in [0.25, 0.3) is 5.91 Å². The van der Waals surface area contributed by atoms with Gasteiger partial charge in [-0.2, -0.15) is 5.10 Å². The highest BCUT2D eigenvalue weighted by Crippen LogP contribution is 2.10. The summed E-state index contributed by atoms with van der Waals surface area (Å²) < 4.78 is 1.70. The highest BCUT2D eigenvalue weighted by Gasteiger charge is 2.10. The molecule has 0 radical (unpaired) electrons. The Morgan fingerprint density at radius 1 is 1.29 bits per heavy atom. The molecule has 0 spiro atoms. The van der Waals surface area contributed by atoms with E-state index in [1.807, 2.05) is 0 Å². The molecule has 0 aromatic carbocycles. The third kappa shape index (κ3) is 4.46. The average molecular weight is 238 g/mol. The molecule has 1 aromatic rings. The minimum absolute atomic E-state index is 0.177. The Balaban J connectivity index is 2.27. The lowest BCUT2D eigenvalue weighted by atomic mass is 10.1. The summed E-state index contributed by atoms with van der Waals surface area (Å²) in [5.74, 6) is -0.566. The van der Waals surface area contributed by atoms with Gasteiger partial charge in [0.2, 0.25) is 0 Å². The van der Waals surface area contributed by atoms with Crippen LogP contribution in [0.3, 0.4) is 0 Å². The molecule has 1 rings (SSSR count). The predicted molar refractivity (Wildman–Crippen MR) is 68.5 cm³/mol. The zero-order valence-corrected chi connectivity index (χ0v) is 10.5. The van der Waals surface area contributed by atoms with Gasteiger partial charge in [0.05, 0.1) is 5.69 Å². The van der Waals surface area contributed by atoms with Crippen molar-refractivity contribution in [2.45, 2.75) is 52.0 Å². The van der Waals surface area contributed by atoms with Crippen molar-refractivity contribution in [2.24, 2.45) is 5.73 Å². The molecule has 5 nitrogen and oxygen atoms in total. The fourth-order valence-corrected chi connectivity index (χ4v) is 1.80. The normalized spacial score (nSPS) is 10.6. The van der Waals surface area contributed by atoms with E-state index in [-0.39, 0.29) is 5.69 Å². The molecule has 1 heterocycles. The van der Waals surface area contributed by atoms with Crippen molar-refractivity contribution in [1.82, 2.24) is 9.78 Å². The largest absolute Gasteiger partial charge is 0.396 e. The van der Waals surface area contributed by atoms with E-state index in [0.29, 0.717) is 5.69 Å². The van der Waals surface area contributed by atoms with Crippen LogP contribution in [0.2, 0.25) is 0 Å². The van der Waals surface area contributed by atoms with Gasteiger partial charge in [-0.25, -0.2) is 0 Å². The summed E-state index contributed by atoms with van der Waals surface area (Å²) >= 11 is 0. The van der Waals surface area contributed by atoms with E-state index in [1.54, 1.807) is 10.9 Å². The van der Waals surface area contributed by atoms with Gasteiger partial charge < -0.3 is 11.5 Å². The van der Waals surface area contributed by atoms with E-state index < -0.39 is 5.91 Å². The molecule has 1 amide bonds. The average Bonchev–Trinajstić information content (AvgIpc) is 2.65. The lowest BCUT2D eigenvalue weighted by Gasteiger charge is -2.01. The van der Waals surface area contributed by atoms with Gasteiger partial charge in [0, 0.05) is 12.7 Å². The minimum Gasteiger partial charge on any atom is -0.396 e. The number of unbranched alkanes of at least 4 members (excludes halogenated alkanes) is 5. The van der Waals surface area contributed by atoms with Crippen LogP contribution in [0.5, 0.6) is 0 Å². The maximum atomic E-state index is 10.9. The maximum absolute atomic E-state index is 10.9. The van der Waals surface area contributed by atoms with Crippen molar-refractivity contribution in [3.8, 4) is 0 Å². The number of hydrogen-bond donors (Lipinski definition) is 2. The SMILES string of the molecule is CCCCCCCCn1cc(N)c(C(N)=O)n1. The third-order valence-corrected chi connectivity index (χ3v) is 2.76. The molecule has 0 fully saturated rings. The number of aryl methyl sites for hydroxylation is 1. The lowest BCUT2D eigenvalue weighted by molar-refractivity contribution is 0.0995. The molecule has 0 bridgehead atoms. The molecule has 0 unspecified atom stereocenters. The van der Waals surface area contributed by atoms with Crippen LogP contribution in [0, 0.1) is 0 Å². The Morgan fingerprint density at radius 3 is 2.53 bits per heavy atom. The maximum Gasteiger partial charge on any atom is 0.271 e. The van der Waals surface area contributed by atoms with Crippen molar-refractivity contribution in [1.29, 1.82) is 0 Å². The Kier molecular flexibility index (Phi) is 5.52. The van der Waals surface area contributed by atoms with Crippen LogP contribution in [0.1, 0.15) is 55.9 Å². The van der Waals surface area contributed by atoms with Crippen LogP contribution in [-0.2, 0) is 6.54 Å². The number of hydrogen-bond acceptors (Lipinski definition) is 3. The van der Waals surface area contributed by atoms with Crippen LogP contribution in [-0.4, -0.2) is 15.7 Å². The zero-order valence-electron chi connectivity index (χ0n) is 10.5. The Bertz CT molecular complexity index is 359. The zero-order chi connectivity index (χ0) is 12.7. The number of carbonyl (C=O) groups is 1. The molecule has 0 atom stereocenters. The molecule has 4 N–H and O–H groups in total. The Labute approximate surface area is 102 Å². The number of nitrogens with two attached hydrogens (primary N) is 2. The lowest BCUT2D eigenvalue weighted by Crippen LogP contribution is -2.14. The summed E-state index contributed by atoms with van der Waals surface area (Å²) in [5.41, 5.74) is 11.3. The van der Waals surface area contributed by atoms with Crippen LogP contribution in [0.15, 0.2) is 6.20 Å². The van der Waals surface area contributed by atoms with Gasteiger partial charge in [-0.05, 0) is 6.42 Å². The van der Waals surface area contributed by atoms with E-state index in [2.05, 4.69) is 12.0 Å². The standard InChI is InChI=1S/C12H22N4O/c1-2-3-4-5-6-7-8-16-9-10(13)11(15-16)12(14)17/h9H,2-8,13H2,1H3,(H2,14,17). The monoisotopic (exact) mass is 238 g/mol. The van der Waals surface area contributed by atoms with E-state index in [0.717, 1.165) is 13.0 Å². The number of nitrogen functional groups attached to an aromatic ring is 1. The van der Waals surface area contributed by atoms with Gasteiger partial charge in [0.15, 0.2) is 5.69 Å². The van der Waals surface area contributed by atoms with E-state index >= 15 is 0 Å². The second-order valence-corrected chi connectivity index (χ2v) is 4.33. The second-order valence-electron chi connectivity index (χ2n) is 4.33. The summed E-state index contributed by atoms with van der Waals surface area (Å²) in [6, 6.07) is 0. The van der Waals surface area contributed by atoms with E-state index in [4.69, 9.17) is 11.5 Å². The number of carbonyl (C=O) groups excluding carboxylic acids is 1. The molecule has 96 valence electrons. The van der Waals surface area contributed by atoms with Crippen LogP contribution in [0.25, 0.3) is 0 Å². The van der Waals surface area contributed by atoms with Crippen LogP contribution >= 0.6 is 0 Å². The number of primary amides is 1. The summed E-state index contributed by atoms with van der Waals surface area (Å²) in [6.45, 7) is 3.00. The number of rotatable bonds is 8. The first-order valence-corrected chi connectivity index (χ1v) is 6.28. The molecule has 0 saturated carbocycles. The van der Waals surface area contributed by atoms with Gasteiger partial charge in [-0.3, -0.25) is 9.48 Å². The Morgan fingerprint density at radius 2 is 1.94 bits per heavy atom. The minimum atomic E-state index is -0.566. The molecule has 17 heavy (non-hydrogen) atoms. The smallest absolute Gasteiger partial charge is 0.271 e. The Hall–Kier alpha value is -1.52. The summed E-state index contributed by atoms with van der Waals surface area (Å²) in [6.07, 6.45) is 9.04. The molecular formula is C12H22N4O. The van der Waals surface area contributed by atoms with Gasteiger partial charge in [0.1, 0.15) is 0 Å². The van der Waals surface area contributed by atoms with Crippen molar-refractivity contribution in [2.75, 3.05) is 5.73 Å². The van der Waals surface area contributed by atoms with Crippen LogP contribution in [0.4, 0.5) is 5.69 Å². The predicted octanol–water partition coefficient (Wildman–Crippen LogP) is 1.92. The molecule has 5 heteroatoms. The van der Waals surface area contributed by atoms with Crippen molar-refractivity contribution >= 4 is 11.6 Å². The van der Waals surface area contributed by atoms with Gasteiger partial charge >= 0.3 is 0 Å². The highest BCUT2D eigenvalue weighted by molar-refractivity contribution is 5.95. The molecule has 0 aliphatic rings. The summed E-state index contributed by atoms with van der Waals surface area (Å²) in [5, 5.41) is 4.06. The first-order valence-electron chi connectivity index (χ1n) is 6.28. The number of anilines is 1. The van der Waals surface area contributed by atoms with E-state index in [1.165, 1.54) is 32.1 Å². The number of nitrogens with zero attached hydrogens (tertiary/aromatic N) is 2. The van der Waals surface area contributed by atoms with Crippen molar-refractivity contribution in [3.05, 3.63) is 11.9 Å². The second kappa shape index (κ2) is 6.93. The van der Waals surface area contributed by atoms with E-state index in [9.17, 15) is 4.79 Å². The molecule has 0 aliphatic carbocycles. The number of amides is 1. The first-order chi connectivity index (χ1) is 8.15. The van der Waals surface area contributed by atoms with Gasteiger partial charge in [-0.15, -0.1) is 0 Å². The number of aromatic nitrogens is 2. The third-order valence-electron chi connectivity index (χ3n) is 2.76. The molecular weight excluding hydrogens is 216 g/mol. The first kappa shape index (κ1) is 13.5. The molecule has 0 saturated heterocycles. The fraction of sp³-hybridized carbons (Fsp3) is 0.667. The molecule has 0 aliphatic heterocycles. The summed E-state index contributed by atoms with van der Waals surface area (Å²) in [7, 11) is 0. The van der Waals surface area contributed by atoms with Crippen molar-refractivity contribution in [3.63, 3.8) is 0 Å². The van der Waals surface area contributed by atoms with Gasteiger partial charge in [-0.1, -0.05) is 39.0 Å². The highest BCUT2D eigenvalue weighted by atomic mass is 16.1. The van der Waals surface area contributed by atoms with Crippen molar-refractivity contribution < 1.29 is 4.79 Å².